The Kier molecular flexibility index (Phi) is 4.76. The van der Waals surface area contributed by atoms with Gasteiger partial charge in [-0.05, 0) is 24.3 Å². The summed E-state index contributed by atoms with van der Waals surface area (Å²) >= 11 is 5.05. The minimum absolute atomic E-state index is 0.628. The van der Waals surface area contributed by atoms with Gasteiger partial charge < -0.3 is 0 Å². The summed E-state index contributed by atoms with van der Waals surface area (Å²) in [7, 11) is -1.71. The molecule has 0 aliphatic carbocycles. The van der Waals surface area contributed by atoms with Crippen molar-refractivity contribution in [3.63, 3.8) is 0 Å². The van der Waals surface area contributed by atoms with Crippen LogP contribution in [0.15, 0.2) is 58.4 Å². The largest absolute Gasteiger partial charge is 0.274 e. The van der Waals surface area contributed by atoms with Crippen molar-refractivity contribution in [3.8, 4) is 21.8 Å². The molecule has 4 nitrogen and oxygen atoms in total. The maximum absolute atomic E-state index is 11.6. The number of rotatable bonds is 4. The zero-order valence-electron chi connectivity index (χ0n) is 13.1. The van der Waals surface area contributed by atoms with Gasteiger partial charge in [0.1, 0.15) is 5.01 Å². The van der Waals surface area contributed by atoms with Gasteiger partial charge in [0.25, 0.3) is 0 Å². The Morgan fingerprint density at radius 1 is 1.08 bits per heavy atom. The normalized spacial score (nSPS) is 11.5. The maximum atomic E-state index is 11.6. The standard InChI is InChI=1S/C17H15BrN2O2S2/c1-20(24(2,21)22)15-8-6-12(7-9-15)16-11-23-17(19-16)13-4-3-5-14(18)10-13/h3-11H,1-2H3. The van der Waals surface area contributed by atoms with Crippen LogP contribution in [0.3, 0.4) is 0 Å². The summed E-state index contributed by atoms with van der Waals surface area (Å²) < 4.78 is 25.4. The van der Waals surface area contributed by atoms with Crippen LogP contribution in [0.1, 0.15) is 0 Å². The number of hydrogen-bond donors (Lipinski definition) is 0. The number of thiazole rings is 1. The molecule has 1 heterocycles. The van der Waals surface area contributed by atoms with Crippen molar-refractivity contribution < 1.29 is 8.42 Å². The molecule has 0 aliphatic heterocycles. The molecule has 0 bridgehead atoms. The van der Waals surface area contributed by atoms with E-state index in [9.17, 15) is 8.42 Å². The third-order valence-electron chi connectivity index (χ3n) is 3.60. The van der Waals surface area contributed by atoms with Crippen molar-refractivity contribution in [3.05, 3.63) is 58.4 Å². The minimum Gasteiger partial charge on any atom is -0.274 e. The maximum Gasteiger partial charge on any atom is 0.231 e. The highest BCUT2D eigenvalue weighted by molar-refractivity contribution is 9.10. The van der Waals surface area contributed by atoms with E-state index in [0.29, 0.717) is 5.69 Å². The molecule has 0 N–H and O–H groups in total. The number of benzene rings is 2. The fourth-order valence-corrected chi connectivity index (χ4v) is 3.92. The zero-order valence-corrected chi connectivity index (χ0v) is 16.3. The number of halogens is 1. The first-order chi connectivity index (χ1) is 11.3. The van der Waals surface area contributed by atoms with E-state index in [1.807, 2.05) is 41.8 Å². The van der Waals surface area contributed by atoms with Crippen molar-refractivity contribution in [1.29, 1.82) is 0 Å². The number of hydrogen-bond acceptors (Lipinski definition) is 4. The zero-order chi connectivity index (χ0) is 17.3. The van der Waals surface area contributed by atoms with Crippen molar-refractivity contribution in [2.24, 2.45) is 0 Å². The third-order valence-corrected chi connectivity index (χ3v) is 6.19. The van der Waals surface area contributed by atoms with E-state index < -0.39 is 10.0 Å². The SMILES string of the molecule is CN(c1ccc(-c2csc(-c3cccc(Br)c3)n2)cc1)S(C)(=O)=O. The van der Waals surface area contributed by atoms with Gasteiger partial charge in [-0.3, -0.25) is 4.31 Å². The first kappa shape index (κ1) is 17.1. The highest BCUT2D eigenvalue weighted by Gasteiger charge is 2.12. The van der Waals surface area contributed by atoms with Gasteiger partial charge in [-0.15, -0.1) is 11.3 Å². The van der Waals surface area contributed by atoms with Crippen molar-refractivity contribution in [2.75, 3.05) is 17.6 Å². The van der Waals surface area contributed by atoms with E-state index in [0.717, 1.165) is 26.3 Å². The molecule has 0 saturated heterocycles. The van der Waals surface area contributed by atoms with E-state index in [4.69, 9.17) is 0 Å². The predicted octanol–water partition coefficient (Wildman–Crippen LogP) is 4.64. The van der Waals surface area contributed by atoms with Gasteiger partial charge in [-0.25, -0.2) is 13.4 Å². The van der Waals surface area contributed by atoms with Crippen LogP contribution in [0.2, 0.25) is 0 Å². The summed E-state index contributed by atoms with van der Waals surface area (Å²) in [6, 6.07) is 15.4. The molecule has 0 atom stereocenters. The average molecular weight is 423 g/mol. The molecule has 0 unspecified atom stereocenters. The molecule has 24 heavy (non-hydrogen) atoms. The Labute approximate surface area is 154 Å². The van der Waals surface area contributed by atoms with Gasteiger partial charge in [-0.2, -0.15) is 0 Å². The molecule has 1 aromatic heterocycles. The van der Waals surface area contributed by atoms with Crippen LogP contribution in [0.25, 0.3) is 21.8 Å². The molecule has 3 aromatic rings. The lowest BCUT2D eigenvalue weighted by Gasteiger charge is -2.16. The van der Waals surface area contributed by atoms with Crippen LogP contribution in [0.4, 0.5) is 5.69 Å². The fourth-order valence-electron chi connectivity index (χ4n) is 2.19. The number of sulfonamides is 1. The molecular weight excluding hydrogens is 408 g/mol. The fraction of sp³-hybridized carbons (Fsp3) is 0.118. The Morgan fingerprint density at radius 3 is 2.42 bits per heavy atom. The summed E-state index contributed by atoms with van der Waals surface area (Å²) in [5.74, 6) is 0. The van der Waals surface area contributed by atoms with Crippen LogP contribution in [-0.4, -0.2) is 26.7 Å². The first-order valence-electron chi connectivity index (χ1n) is 7.10. The van der Waals surface area contributed by atoms with E-state index in [1.165, 1.54) is 10.6 Å². The monoisotopic (exact) mass is 422 g/mol. The van der Waals surface area contributed by atoms with E-state index in [-0.39, 0.29) is 0 Å². The van der Waals surface area contributed by atoms with Crippen LogP contribution >= 0.6 is 27.3 Å². The Bertz CT molecular complexity index is 966. The average Bonchev–Trinajstić information content (AvgIpc) is 3.03. The molecular formula is C17H15BrN2O2S2. The smallest absolute Gasteiger partial charge is 0.231 e. The van der Waals surface area contributed by atoms with Crippen LogP contribution < -0.4 is 4.31 Å². The van der Waals surface area contributed by atoms with Gasteiger partial charge >= 0.3 is 0 Å². The summed E-state index contributed by atoms with van der Waals surface area (Å²) in [5.41, 5.74) is 3.53. The van der Waals surface area contributed by atoms with Crippen molar-refractivity contribution in [2.45, 2.75) is 0 Å². The highest BCUT2D eigenvalue weighted by atomic mass is 79.9. The van der Waals surface area contributed by atoms with Crippen LogP contribution in [0.5, 0.6) is 0 Å². The third kappa shape index (κ3) is 3.68. The molecule has 0 amide bonds. The second kappa shape index (κ2) is 6.66. The van der Waals surface area contributed by atoms with Gasteiger partial charge in [0.05, 0.1) is 17.6 Å². The molecule has 0 spiro atoms. The Balaban J connectivity index is 1.88. The lowest BCUT2D eigenvalue weighted by Crippen LogP contribution is -2.24. The van der Waals surface area contributed by atoms with Crippen LogP contribution in [0, 0.1) is 0 Å². The quantitative estimate of drug-likeness (QED) is 0.615. The number of anilines is 1. The summed E-state index contributed by atoms with van der Waals surface area (Å²) in [6.45, 7) is 0. The van der Waals surface area contributed by atoms with Crippen LogP contribution in [-0.2, 0) is 10.0 Å². The second-order valence-electron chi connectivity index (χ2n) is 5.33. The summed E-state index contributed by atoms with van der Waals surface area (Å²) in [6.07, 6.45) is 1.19. The van der Waals surface area contributed by atoms with Gasteiger partial charge in [0.15, 0.2) is 0 Å². The van der Waals surface area contributed by atoms with E-state index in [2.05, 4.69) is 20.9 Å². The molecule has 0 fully saturated rings. The molecule has 3 rings (SSSR count). The predicted molar refractivity (Wildman–Crippen MR) is 104 cm³/mol. The van der Waals surface area contributed by atoms with Gasteiger partial charge in [0, 0.05) is 28.0 Å². The summed E-state index contributed by atoms with van der Waals surface area (Å²) in [5, 5.41) is 2.95. The van der Waals surface area contributed by atoms with Gasteiger partial charge in [0.2, 0.25) is 10.0 Å². The lowest BCUT2D eigenvalue weighted by atomic mass is 10.1. The molecule has 124 valence electrons. The first-order valence-corrected chi connectivity index (χ1v) is 10.6. The Hall–Kier alpha value is -1.70. The topological polar surface area (TPSA) is 50.3 Å². The molecule has 0 aliphatic rings. The van der Waals surface area contributed by atoms with E-state index in [1.54, 1.807) is 30.5 Å². The summed E-state index contributed by atoms with van der Waals surface area (Å²) in [4.78, 5) is 4.68. The molecule has 0 radical (unpaired) electrons. The van der Waals surface area contributed by atoms with E-state index >= 15 is 0 Å². The lowest BCUT2D eigenvalue weighted by molar-refractivity contribution is 0.600. The second-order valence-corrected chi connectivity index (χ2v) is 9.11. The Morgan fingerprint density at radius 2 is 1.79 bits per heavy atom. The van der Waals surface area contributed by atoms with Crippen molar-refractivity contribution in [1.82, 2.24) is 4.98 Å². The van der Waals surface area contributed by atoms with Crippen molar-refractivity contribution >= 4 is 43.0 Å². The molecule has 0 saturated carbocycles. The highest BCUT2D eigenvalue weighted by Crippen LogP contribution is 2.31. The van der Waals surface area contributed by atoms with Gasteiger partial charge in [-0.1, -0.05) is 40.2 Å². The number of nitrogens with zero attached hydrogens (tertiary/aromatic N) is 2. The number of aromatic nitrogens is 1. The molecule has 7 heteroatoms. The molecule has 2 aromatic carbocycles. The minimum atomic E-state index is -3.25.